The van der Waals surface area contributed by atoms with Crippen LogP contribution in [0.25, 0.3) is 0 Å². The van der Waals surface area contributed by atoms with E-state index in [1.54, 1.807) is 90.9 Å². The van der Waals surface area contributed by atoms with E-state index in [2.05, 4.69) is 15.6 Å². The SMILES string of the molecule is COc1ccc(NC(=O)c2ccc(NC(=O)c3ccc(SCc4cscn4)cc3)cc2)cc1. The quantitative estimate of drug-likeness (QED) is 0.308. The van der Waals surface area contributed by atoms with Gasteiger partial charge >= 0.3 is 0 Å². The van der Waals surface area contributed by atoms with Gasteiger partial charge in [0.05, 0.1) is 18.3 Å². The predicted octanol–water partition coefficient (Wildman–Crippen LogP) is 5.95. The molecule has 4 rings (SSSR count). The molecule has 33 heavy (non-hydrogen) atoms. The number of thiazole rings is 1. The predicted molar refractivity (Wildman–Crippen MR) is 133 cm³/mol. The molecule has 0 saturated heterocycles. The second-order valence-corrected chi connectivity index (χ2v) is 8.77. The molecule has 3 aromatic carbocycles. The topological polar surface area (TPSA) is 80.3 Å². The van der Waals surface area contributed by atoms with Crippen molar-refractivity contribution in [2.24, 2.45) is 0 Å². The van der Waals surface area contributed by atoms with E-state index >= 15 is 0 Å². The molecule has 0 aliphatic rings. The van der Waals surface area contributed by atoms with Crippen LogP contribution in [0.1, 0.15) is 26.4 Å². The lowest BCUT2D eigenvalue weighted by Crippen LogP contribution is -2.13. The van der Waals surface area contributed by atoms with E-state index in [-0.39, 0.29) is 11.8 Å². The highest BCUT2D eigenvalue weighted by molar-refractivity contribution is 7.98. The van der Waals surface area contributed by atoms with Crippen LogP contribution >= 0.6 is 23.1 Å². The number of carbonyl (C=O) groups is 2. The molecule has 166 valence electrons. The van der Waals surface area contributed by atoms with Gasteiger partial charge in [0.1, 0.15) is 5.75 Å². The van der Waals surface area contributed by atoms with Gasteiger partial charge in [-0.2, -0.15) is 0 Å². The third-order valence-electron chi connectivity index (χ3n) is 4.74. The van der Waals surface area contributed by atoms with E-state index in [0.717, 1.165) is 22.1 Å². The number of carbonyl (C=O) groups excluding carboxylic acids is 2. The monoisotopic (exact) mass is 475 g/mol. The molecule has 4 aromatic rings. The molecule has 6 nitrogen and oxygen atoms in total. The second-order valence-electron chi connectivity index (χ2n) is 7.01. The zero-order chi connectivity index (χ0) is 23.0. The molecule has 8 heteroatoms. The third-order valence-corrected chi connectivity index (χ3v) is 6.42. The van der Waals surface area contributed by atoms with Crippen LogP contribution in [0.5, 0.6) is 5.75 Å². The van der Waals surface area contributed by atoms with Crippen molar-refractivity contribution in [3.05, 3.63) is 101 Å². The number of anilines is 2. The van der Waals surface area contributed by atoms with Crippen molar-refractivity contribution in [2.75, 3.05) is 17.7 Å². The smallest absolute Gasteiger partial charge is 0.255 e. The van der Waals surface area contributed by atoms with Gasteiger partial charge < -0.3 is 15.4 Å². The highest BCUT2D eigenvalue weighted by Gasteiger charge is 2.09. The summed E-state index contributed by atoms with van der Waals surface area (Å²) in [4.78, 5) is 30.4. The van der Waals surface area contributed by atoms with E-state index in [0.29, 0.717) is 22.5 Å². The highest BCUT2D eigenvalue weighted by atomic mass is 32.2. The Labute approximate surface area is 200 Å². The van der Waals surface area contributed by atoms with Gasteiger partial charge in [-0.3, -0.25) is 9.59 Å². The summed E-state index contributed by atoms with van der Waals surface area (Å²) in [5.74, 6) is 1.08. The number of methoxy groups -OCH3 is 1. The number of ether oxygens (including phenoxy) is 1. The van der Waals surface area contributed by atoms with Gasteiger partial charge in [0.15, 0.2) is 0 Å². The lowest BCUT2D eigenvalue weighted by molar-refractivity contribution is 0.102. The Morgan fingerprint density at radius 2 is 1.39 bits per heavy atom. The lowest BCUT2D eigenvalue weighted by Gasteiger charge is -2.09. The number of hydrogen-bond acceptors (Lipinski definition) is 6. The zero-order valence-corrected chi connectivity index (χ0v) is 19.4. The largest absolute Gasteiger partial charge is 0.497 e. The maximum absolute atomic E-state index is 12.6. The maximum atomic E-state index is 12.6. The molecule has 0 atom stereocenters. The van der Waals surface area contributed by atoms with Gasteiger partial charge in [0.2, 0.25) is 0 Å². The summed E-state index contributed by atoms with van der Waals surface area (Å²) in [6, 6.07) is 21.3. The number of aromatic nitrogens is 1. The molecule has 0 fully saturated rings. The lowest BCUT2D eigenvalue weighted by atomic mass is 10.1. The van der Waals surface area contributed by atoms with Gasteiger partial charge in [-0.15, -0.1) is 23.1 Å². The van der Waals surface area contributed by atoms with Crippen molar-refractivity contribution in [2.45, 2.75) is 10.6 Å². The molecule has 0 aliphatic carbocycles. The summed E-state index contributed by atoms with van der Waals surface area (Å²) < 4.78 is 5.12. The minimum absolute atomic E-state index is 0.207. The molecule has 0 aliphatic heterocycles. The molecule has 0 bridgehead atoms. The Bertz CT molecular complexity index is 1210. The van der Waals surface area contributed by atoms with Crippen molar-refractivity contribution < 1.29 is 14.3 Å². The van der Waals surface area contributed by atoms with Crippen LogP contribution in [0.15, 0.2) is 88.6 Å². The first-order valence-corrected chi connectivity index (χ1v) is 12.0. The van der Waals surface area contributed by atoms with Crippen LogP contribution in [0.2, 0.25) is 0 Å². The standard InChI is InChI=1S/C25H21N3O3S2/c1-31-22-10-8-20(9-11-22)28-24(29)17-2-6-19(7-3-17)27-25(30)18-4-12-23(13-5-18)33-15-21-14-32-16-26-21/h2-14,16H,15H2,1H3,(H,27,30)(H,28,29). The number of amides is 2. The van der Waals surface area contributed by atoms with E-state index in [1.165, 1.54) is 0 Å². The van der Waals surface area contributed by atoms with Crippen LogP contribution in [-0.4, -0.2) is 23.9 Å². The number of benzene rings is 3. The Balaban J connectivity index is 1.31. The molecule has 0 unspecified atom stereocenters. The van der Waals surface area contributed by atoms with Crippen LogP contribution in [0, 0.1) is 0 Å². The Morgan fingerprint density at radius 1 is 0.848 bits per heavy atom. The number of hydrogen-bond donors (Lipinski definition) is 2. The molecule has 0 saturated carbocycles. The minimum atomic E-state index is -0.233. The minimum Gasteiger partial charge on any atom is -0.497 e. The average molecular weight is 476 g/mol. The van der Waals surface area contributed by atoms with Crippen molar-refractivity contribution in [1.82, 2.24) is 4.98 Å². The molecule has 0 radical (unpaired) electrons. The third kappa shape index (κ3) is 6.21. The van der Waals surface area contributed by atoms with E-state index in [1.807, 2.05) is 23.0 Å². The fourth-order valence-corrected chi connectivity index (χ4v) is 4.42. The second kappa shape index (κ2) is 10.8. The Hall–Kier alpha value is -3.62. The number of rotatable bonds is 8. The van der Waals surface area contributed by atoms with E-state index in [4.69, 9.17) is 4.74 Å². The van der Waals surface area contributed by atoms with Crippen LogP contribution in [0.4, 0.5) is 11.4 Å². The summed E-state index contributed by atoms with van der Waals surface area (Å²) in [5, 5.41) is 7.72. The van der Waals surface area contributed by atoms with Crippen LogP contribution in [0.3, 0.4) is 0 Å². The van der Waals surface area contributed by atoms with Crippen LogP contribution in [-0.2, 0) is 5.75 Å². The first kappa shape index (κ1) is 22.6. The maximum Gasteiger partial charge on any atom is 0.255 e. The normalized spacial score (nSPS) is 10.5. The summed E-state index contributed by atoms with van der Waals surface area (Å²) >= 11 is 3.26. The Kier molecular flexibility index (Phi) is 7.39. The fraction of sp³-hybridized carbons (Fsp3) is 0.0800. The van der Waals surface area contributed by atoms with Gasteiger partial charge in [0, 0.05) is 38.5 Å². The summed E-state index contributed by atoms with van der Waals surface area (Å²) in [6.07, 6.45) is 0. The van der Waals surface area contributed by atoms with Gasteiger partial charge in [0.25, 0.3) is 11.8 Å². The molecule has 0 spiro atoms. The summed E-state index contributed by atoms with van der Waals surface area (Å²) in [5.41, 5.74) is 5.21. The Morgan fingerprint density at radius 3 is 1.91 bits per heavy atom. The van der Waals surface area contributed by atoms with Crippen LogP contribution < -0.4 is 15.4 Å². The average Bonchev–Trinajstić information content (AvgIpc) is 3.38. The van der Waals surface area contributed by atoms with E-state index in [9.17, 15) is 9.59 Å². The van der Waals surface area contributed by atoms with Crippen molar-refractivity contribution in [1.29, 1.82) is 0 Å². The highest BCUT2D eigenvalue weighted by Crippen LogP contribution is 2.23. The summed E-state index contributed by atoms with van der Waals surface area (Å²) in [6.45, 7) is 0. The molecular weight excluding hydrogens is 454 g/mol. The molecular formula is C25H21N3O3S2. The number of thioether (sulfide) groups is 1. The van der Waals surface area contributed by atoms with Crippen molar-refractivity contribution in [3.63, 3.8) is 0 Å². The van der Waals surface area contributed by atoms with Crippen molar-refractivity contribution >= 4 is 46.3 Å². The number of nitrogens with zero attached hydrogens (tertiary/aromatic N) is 1. The molecule has 2 amide bonds. The molecule has 1 aromatic heterocycles. The number of nitrogens with one attached hydrogen (secondary N) is 2. The van der Waals surface area contributed by atoms with Gasteiger partial charge in [-0.1, -0.05) is 0 Å². The first-order chi connectivity index (χ1) is 16.1. The summed E-state index contributed by atoms with van der Waals surface area (Å²) in [7, 11) is 1.59. The van der Waals surface area contributed by atoms with Gasteiger partial charge in [-0.05, 0) is 72.8 Å². The van der Waals surface area contributed by atoms with E-state index < -0.39 is 0 Å². The molecule has 1 heterocycles. The fourth-order valence-electron chi connectivity index (χ4n) is 2.95. The van der Waals surface area contributed by atoms with Gasteiger partial charge in [-0.25, -0.2) is 4.98 Å². The zero-order valence-electron chi connectivity index (χ0n) is 17.8. The molecule has 2 N–H and O–H groups in total. The first-order valence-electron chi connectivity index (χ1n) is 10.1. The van der Waals surface area contributed by atoms with Crippen molar-refractivity contribution in [3.8, 4) is 5.75 Å².